The third-order valence-electron chi connectivity index (χ3n) is 4.26. The van der Waals surface area contributed by atoms with E-state index in [0.717, 1.165) is 18.7 Å². The van der Waals surface area contributed by atoms with Crippen LogP contribution in [0.15, 0.2) is 67.1 Å². The summed E-state index contributed by atoms with van der Waals surface area (Å²) in [4.78, 5) is 22.9. The van der Waals surface area contributed by atoms with E-state index in [4.69, 9.17) is 4.74 Å². The highest BCUT2D eigenvalue weighted by molar-refractivity contribution is 6.04. The lowest BCUT2D eigenvalue weighted by molar-refractivity contribution is 0.102. The Labute approximate surface area is 158 Å². The summed E-state index contributed by atoms with van der Waals surface area (Å²) >= 11 is 0. The van der Waals surface area contributed by atoms with Crippen LogP contribution in [0.1, 0.15) is 16.1 Å². The summed E-state index contributed by atoms with van der Waals surface area (Å²) in [5.41, 5.74) is 3.13. The van der Waals surface area contributed by atoms with Gasteiger partial charge in [0.05, 0.1) is 12.8 Å². The SMILES string of the molecule is COc1ccccc1NC(=O)c1cc(N(C)CCc2ccncc2)ccn1. The Morgan fingerprint density at radius 2 is 1.89 bits per heavy atom. The molecule has 0 unspecified atom stereocenters. The number of nitrogens with one attached hydrogen (secondary N) is 1. The first-order valence-electron chi connectivity index (χ1n) is 8.68. The number of methoxy groups -OCH3 is 1. The second kappa shape index (κ2) is 8.80. The highest BCUT2D eigenvalue weighted by atomic mass is 16.5. The molecule has 3 aromatic rings. The minimum absolute atomic E-state index is 0.274. The topological polar surface area (TPSA) is 67.3 Å². The van der Waals surface area contributed by atoms with Gasteiger partial charge in [-0.3, -0.25) is 14.8 Å². The molecule has 0 aliphatic heterocycles. The number of hydrogen-bond acceptors (Lipinski definition) is 5. The number of pyridine rings is 2. The summed E-state index contributed by atoms with van der Waals surface area (Å²) in [5, 5.41) is 2.85. The molecular formula is C21H22N4O2. The molecule has 0 saturated carbocycles. The van der Waals surface area contributed by atoms with E-state index in [-0.39, 0.29) is 5.91 Å². The van der Waals surface area contributed by atoms with Crippen molar-refractivity contribution in [3.05, 3.63) is 78.4 Å². The molecule has 0 radical (unpaired) electrons. The fourth-order valence-corrected chi connectivity index (χ4v) is 2.69. The number of anilines is 2. The van der Waals surface area contributed by atoms with Crippen LogP contribution in [-0.4, -0.2) is 36.6 Å². The van der Waals surface area contributed by atoms with E-state index in [9.17, 15) is 4.79 Å². The molecule has 138 valence electrons. The maximum Gasteiger partial charge on any atom is 0.274 e. The van der Waals surface area contributed by atoms with Gasteiger partial charge in [0.25, 0.3) is 5.91 Å². The molecule has 0 aliphatic rings. The van der Waals surface area contributed by atoms with Crippen molar-refractivity contribution in [2.75, 3.05) is 30.9 Å². The van der Waals surface area contributed by atoms with Crippen LogP contribution in [-0.2, 0) is 6.42 Å². The smallest absolute Gasteiger partial charge is 0.274 e. The van der Waals surface area contributed by atoms with E-state index < -0.39 is 0 Å². The van der Waals surface area contributed by atoms with Gasteiger partial charge in [-0.25, -0.2) is 0 Å². The van der Waals surface area contributed by atoms with Crippen LogP contribution >= 0.6 is 0 Å². The molecular weight excluding hydrogens is 340 g/mol. The van der Waals surface area contributed by atoms with Crippen LogP contribution < -0.4 is 15.0 Å². The Hall–Kier alpha value is -3.41. The summed E-state index contributed by atoms with van der Waals surface area (Å²) in [6.45, 7) is 0.821. The van der Waals surface area contributed by atoms with E-state index in [1.165, 1.54) is 5.56 Å². The van der Waals surface area contributed by atoms with E-state index in [0.29, 0.717) is 17.1 Å². The Morgan fingerprint density at radius 1 is 1.11 bits per heavy atom. The molecule has 0 atom stereocenters. The number of aromatic nitrogens is 2. The molecule has 3 rings (SSSR count). The van der Waals surface area contributed by atoms with Crippen molar-refractivity contribution < 1.29 is 9.53 Å². The number of benzene rings is 1. The quantitative estimate of drug-likeness (QED) is 0.698. The monoisotopic (exact) mass is 362 g/mol. The van der Waals surface area contributed by atoms with Crippen LogP contribution in [0.25, 0.3) is 0 Å². The number of carbonyl (C=O) groups excluding carboxylic acids is 1. The van der Waals surface area contributed by atoms with Crippen molar-refractivity contribution in [2.24, 2.45) is 0 Å². The standard InChI is InChI=1S/C21H22N4O2/c1-25(14-10-16-7-11-22-12-8-16)17-9-13-23-19(15-17)21(26)24-18-5-3-4-6-20(18)27-2/h3-9,11-13,15H,10,14H2,1-2H3,(H,24,26). The maximum absolute atomic E-state index is 12.6. The second-order valence-electron chi connectivity index (χ2n) is 6.08. The summed E-state index contributed by atoms with van der Waals surface area (Å²) < 4.78 is 5.27. The fourth-order valence-electron chi connectivity index (χ4n) is 2.69. The van der Waals surface area contributed by atoms with E-state index >= 15 is 0 Å². The van der Waals surface area contributed by atoms with Crippen molar-refractivity contribution in [1.82, 2.24) is 9.97 Å². The Balaban J connectivity index is 1.68. The number of ether oxygens (including phenoxy) is 1. The van der Waals surface area contributed by atoms with Gasteiger partial charge < -0.3 is 15.0 Å². The minimum atomic E-state index is -0.274. The zero-order valence-electron chi connectivity index (χ0n) is 15.4. The Kier molecular flexibility index (Phi) is 5.99. The fraction of sp³-hybridized carbons (Fsp3) is 0.190. The Bertz CT molecular complexity index is 899. The van der Waals surface area contributed by atoms with Crippen molar-refractivity contribution in [3.8, 4) is 5.75 Å². The molecule has 0 aliphatic carbocycles. The molecule has 6 nitrogen and oxygen atoms in total. The van der Waals surface area contributed by atoms with Gasteiger partial charge in [-0.05, 0) is 48.4 Å². The molecule has 0 saturated heterocycles. The predicted molar refractivity (Wildman–Crippen MR) is 106 cm³/mol. The normalized spacial score (nSPS) is 10.3. The average molecular weight is 362 g/mol. The van der Waals surface area contributed by atoms with Gasteiger partial charge in [0.1, 0.15) is 11.4 Å². The largest absolute Gasteiger partial charge is 0.495 e. The van der Waals surface area contributed by atoms with E-state index in [2.05, 4.69) is 20.2 Å². The molecule has 1 N–H and O–H groups in total. The minimum Gasteiger partial charge on any atom is -0.495 e. The lowest BCUT2D eigenvalue weighted by atomic mass is 10.2. The summed E-state index contributed by atoms with van der Waals surface area (Å²) in [6.07, 6.45) is 6.13. The van der Waals surface area contributed by atoms with Crippen molar-refractivity contribution in [2.45, 2.75) is 6.42 Å². The Morgan fingerprint density at radius 3 is 2.67 bits per heavy atom. The van der Waals surface area contributed by atoms with Gasteiger partial charge in [-0.2, -0.15) is 0 Å². The molecule has 0 bridgehead atoms. The van der Waals surface area contributed by atoms with E-state index in [1.54, 1.807) is 43.9 Å². The van der Waals surface area contributed by atoms with Gasteiger partial charge in [0.15, 0.2) is 0 Å². The number of likely N-dealkylation sites (N-methyl/N-ethyl adjacent to an activating group) is 1. The molecule has 27 heavy (non-hydrogen) atoms. The first-order chi connectivity index (χ1) is 13.2. The third-order valence-corrected chi connectivity index (χ3v) is 4.26. The second-order valence-corrected chi connectivity index (χ2v) is 6.08. The molecule has 1 aromatic carbocycles. The number of para-hydroxylation sites is 2. The number of carbonyl (C=O) groups is 1. The molecule has 0 spiro atoms. The first-order valence-corrected chi connectivity index (χ1v) is 8.68. The lowest BCUT2D eigenvalue weighted by Gasteiger charge is -2.19. The highest BCUT2D eigenvalue weighted by Gasteiger charge is 2.12. The van der Waals surface area contributed by atoms with Gasteiger partial charge in [0.2, 0.25) is 0 Å². The summed E-state index contributed by atoms with van der Waals surface area (Å²) in [5.74, 6) is 0.334. The van der Waals surface area contributed by atoms with Gasteiger partial charge in [-0.1, -0.05) is 12.1 Å². The molecule has 6 heteroatoms. The van der Waals surface area contributed by atoms with Crippen LogP contribution in [0, 0.1) is 0 Å². The van der Waals surface area contributed by atoms with E-state index in [1.807, 2.05) is 37.4 Å². The zero-order chi connectivity index (χ0) is 19.1. The maximum atomic E-state index is 12.6. The average Bonchev–Trinajstić information content (AvgIpc) is 2.73. The molecule has 2 aromatic heterocycles. The summed E-state index contributed by atoms with van der Waals surface area (Å²) in [6, 6.07) is 15.0. The summed E-state index contributed by atoms with van der Waals surface area (Å²) in [7, 11) is 3.57. The number of nitrogens with zero attached hydrogens (tertiary/aromatic N) is 3. The third kappa shape index (κ3) is 4.82. The number of amides is 1. The molecule has 2 heterocycles. The van der Waals surface area contributed by atoms with Crippen LogP contribution in [0.3, 0.4) is 0 Å². The van der Waals surface area contributed by atoms with Crippen LogP contribution in [0.5, 0.6) is 5.75 Å². The van der Waals surface area contributed by atoms with Crippen molar-refractivity contribution >= 4 is 17.3 Å². The lowest BCUT2D eigenvalue weighted by Crippen LogP contribution is -2.21. The predicted octanol–water partition coefficient (Wildman–Crippen LogP) is 3.42. The molecule has 1 amide bonds. The van der Waals surface area contributed by atoms with Gasteiger partial charge >= 0.3 is 0 Å². The zero-order valence-corrected chi connectivity index (χ0v) is 15.4. The van der Waals surface area contributed by atoms with Crippen LogP contribution in [0.4, 0.5) is 11.4 Å². The number of hydrogen-bond donors (Lipinski definition) is 1. The molecule has 0 fully saturated rings. The van der Waals surface area contributed by atoms with Gasteiger partial charge in [0, 0.05) is 37.9 Å². The highest BCUT2D eigenvalue weighted by Crippen LogP contribution is 2.24. The van der Waals surface area contributed by atoms with Crippen molar-refractivity contribution in [3.63, 3.8) is 0 Å². The van der Waals surface area contributed by atoms with Crippen molar-refractivity contribution in [1.29, 1.82) is 0 Å². The van der Waals surface area contributed by atoms with Gasteiger partial charge in [-0.15, -0.1) is 0 Å². The van der Waals surface area contributed by atoms with Crippen LogP contribution in [0.2, 0.25) is 0 Å². The first kappa shape index (κ1) is 18.4. The number of rotatable bonds is 7.